The first-order chi connectivity index (χ1) is 14.7. The lowest BCUT2D eigenvalue weighted by Gasteiger charge is -2.34. The van der Waals surface area contributed by atoms with Crippen molar-refractivity contribution in [3.8, 4) is 5.75 Å². The maximum absolute atomic E-state index is 14.8. The monoisotopic (exact) mass is 479 g/mol. The maximum Gasteiger partial charge on any atom is 0.381 e. The van der Waals surface area contributed by atoms with Gasteiger partial charge in [0, 0.05) is 23.6 Å². The van der Waals surface area contributed by atoms with Crippen LogP contribution in [0.1, 0.15) is 11.8 Å². The van der Waals surface area contributed by atoms with Gasteiger partial charge in [-0.2, -0.15) is 4.98 Å². The second kappa shape index (κ2) is 8.15. The van der Waals surface area contributed by atoms with Gasteiger partial charge in [-0.3, -0.25) is 13.6 Å². The first-order valence-electron chi connectivity index (χ1n) is 8.94. The molecule has 0 radical (unpaired) electrons. The van der Waals surface area contributed by atoms with Crippen LogP contribution in [-0.4, -0.2) is 45.6 Å². The summed E-state index contributed by atoms with van der Waals surface area (Å²) in [5.41, 5.74) is 2.20. The van der Waals surface area contributed by atoms with E-state index < -0.39 is 49.5 Å². The molecule has 2 aliphatic rings. The van der Waals surface area contributed by atoms with Gasteiger partial charge in [0.15, 0.2) is 18.0 Å². The topological polar surface area (TPSA) is 118 Å². The Balaban J connectivity index is 1.58. The van der Waals surface area contributed by atoms with Gasteiger partial charge in [0.25, 0.3) is 6.43 Å². The molecule has 1 fully saturated rings. The zero-order chi connectivity index (χ0) is 22.4. The predicted octanol–water partition coefficient (Wildman–Crippen LogP) is 1.91. The van der Waals surface area contributed by atoms with E-state index in [-0.39, 0.29) is 12.4 Å². The highest BCUT2D eigenvalue weighted by Crippen LogP contribution is 2.56. The summed E-state index contributed by atoms with van der Waals surface area (Å²) in [5.74, 6) is 0.222. The summed E-state index contributed by atoms with van der Waals surface area (Å²) in [6.45, 7) is -4.56. The lowest BCUT2D eigenvalue weighted by molar-refractivity contribution is -0.193. The van der Waals surface area contributed by atoms with E-state index in [0.29, 0.717) is 15.9 Å². The highest BCUT2D eigenvalue weighted by atomic mass is 32.5. The van der Waals surface area contributed by atoms with Crippen molar-refractivity contribution in [2.45, 2.75) is 37.1 Å². The van der Waals surface area contributed by atoms with Crippen LogP contribution in [0.2, 0.25) is 0 Å². The number of fused-ring (bicyclic) bond motifs is 1. The molecule has 5 unspecified atom stereocenters. The lowest BCUT2D eigenvalue weighted by atomic mass is 9.97. The number of para-hydroxylation sites is 1. The molecule has 1 aromatic heterocycles. The van der Waals surface area contributed by atoms with Crippen molar-refractivity contribution in [2.75, 3.05) is 12.3 Å². The molecule has 0 spiro atoms. The number of aromatic nitrogens is 2. The van der Waals surface area contributed by atoms with Gasteiger partial charge in [0.2, 0.25) is 0 Å². The van der Waals surface area contributed by atoms with Gasteiger partial charge in [-0.1, -0.05) is 18.2 Å². The molecule has 14 heteroatoms. The zero-order valence-corrected chi connectivity index (χ0v) is 17.3. The summed E-state index contributed by atoms with van der Waals surface area (Å²) in [5, 5.41) is 10.3. The molecule has 31 heavy (non-hydrogen) atoms. The number of alkyl halides is 3. The van der Waals surface area contributed by atoms with Crippen LogP contribution in [0.3, 0.4) is 0 Å². The van der Waals surface area contributed by atoms with Crippen molar-refractivity contribution in [2.24, 2.45) is 0 Å². The van der Waals surface area contributed by atoms with Crippen LogP contribution in [0, 0.1) is 0 Å². The number of aliphatic hydroxyl groups is 1. The number of nitrogens with zero attached hydrogens (tertiary/aromatic N) is 2. The van der Waals surface area contributed by atoms with E-state index in [1.165, 1.54) is 0 Å². The van der Waals surface area contributed by atoms with E-state index in [4.69, 9.17) is 35.8 Å². The smallest absolute Gasteiger partial charge is 0.381 e. The Kier molecular flexibility index (Phi) is 5.83. The molecular formula is C17H17F3N3O6PS. The fourth-order valence-corrected chi connectivity index (χ4v) is 5.04. The first-order valence-corrected chi connectivity index (χ1v) is 11.5. The lowest BCUT2D eigenvalue weighted by Crippen LogP contribution is -2.52. The third-order valence-electron chi connectivity index (χ3n) is 4.92. The van der Waals surface area contributed by atoms with Gasteiger partial charge in [-0.25, -0.2) is 18.0 Å². The summed E-state index contributed by atoms with van der Waals surface area (Å²) in [4.78, 5) is 15.4. The number of aliphatic hydroxyl groups excluding tert-OH is 1. The molecule has 3 N–H and O–H groups in total. The number of hydrogen-bond acceptors (Lipinski definition) is 9. The third kappa shape index (κ3) is 3.97. The van der Waals surface area contributed by atoms with Crippen LogP contribution in [0.4, 0.5) is 19.0 Å². The molecule has 168 valence electrons. The van der Waals surface area contributed by atoms with Crippen molar-refractivity contribution in [3.05, 3.63) is 52.6 Å². The second-order valence-electron chi connectivity index (χ2n) is 6.89. The summed E-state index contributed by atoms with van der Waals surface area (Å²) < 4.78 is 65.0. The minimum Gasteiger partial charge on any atom is -0.424 e. The fraction of sp³-hybridized carbons (Fsp3) is 0.412. The Bertz CT molecular complexity index is 1090. The molecule has 0 saturated carbocycles. The molecule has 0 amide bonds. The molecule has 5 atom stereocenters. The van der Waals surface area contributed by atoms with Crippen molar-refractivity contribution in [3.63, 3.8) is 0 Å². The van der Waals surface area contributed by atoms with Crippen molar-refractivity contribution in [1.82, 2.24) is 9.55 Å². The van der Waals surface area contributed by atoms with Gasteiger partial charge >= 0.3 is 12.4 Å². The molecule has 4 rings (SSSR count). The van der Waals surface area contributed by atoms with Crippen molar-refractivity contribution in [1.29, 1.82) is 0 Å². The Labute approximate surface area is 178 Å². The first kappa shape index (κ1) is 22.2. The standard InChI is InChI=1S/C17H17F3N3O6PS/c18-12-13(24)17(15(19)20,28-14(12)23-6-5-11(21)22-16(23)25)8-27-30(31)26-7-9-3-1-2-4-10(9)29-30/h1-6,12-15,24H,7-8H2,(H2,21,22,25). The molecule has 2 aliphatic heterocycles. The van der Waals surface area contributed by atoms with Crippen molar-refractivity contribution < 1.29 is 36.6 Å². The average Bonchev–Trinajstić information content (AvgIpc) is 2.98. The minimum absolute atomic E-state index is 0.0272. The molecule has 0 aliphatic carbocycles. The molecule has 9 nitrogen and oxygen atoms in total. The van der Waals surface area contributed by atoms with E-state index >= 15 is 0 Å². The summed E-state index contributed by atoms with van der Waals surface area (Å²) in [6, 6.07) is 7.94. The highest BCUT2D eigenvalue weighted by molar-refractivity contribution is 8.07. The number of halogens is 3. The van der Waals surface area contributed by atoms with Gasteiger partial charge in [0.05, 0.1) is 13.2 Å². The number of rotatable bonds is 5. The molecule has 1 saturated heterocycles. The van der Waals surface area contributed by atoms with Crippen LogP contribution in [0.5, 0.6) is 5.75 Å². The van der Waals surface area contributed by atoms with Gasteiger partial charge in [-0.05, 0) is 12.1 Å². The van der Waals surface area contributed by atoms with E-state index in [1.54, 1.807) is 24.3 Å². The van der Waals surface area contributed by atoms with E-state index in [0.717, 1.165) is 12.3 Å². The van der Waals surface area contributed by atoms with Gasteiger partial charge in [0.1, 0.15) is 17.7 Å². The fourth-order valence-electron chi connectivity index (χ4n) is 3.23. The van der Waals surface area contributed by atoms with E-state index in [2.05, 4.69) is 4.98 Å². The Morgan fingerprint density at radius 1 is 1.42 bits per heavy atom. The average molecular weight is 479 g/mol. The SMILES string of the molecule is Nc1ccn(C2OC(COP3(=S)OCc4ccccc4O3)(C(F)F)C(O)C2F)c(=O)n1. The molecule has 1 aromatic carbocycles. The predicted molar refractivity (Wildman–Crippen MR) is 105 cm³/mol. The normalized spacial score (nSPS) is 32.6. The van der Waals surface area contributed by atoms with Crippen LogP contribution in [-0.2, 0) is 32.2 Å². The maximum atomic E-state index is 14.8. The van der Waals surface area contributed by atoms with Crippen LogP contribution >= 0.6 is 6.72 Å². The number of hydrogen-bond donors (Lipinski definition) is 2. The Hall–Kier alpha value is -2.02. The van der Waals surface area contributed by atoms with Crippen LogP contribution < -0.4 is 15.9 Å². The largest absolute Gasteiger partial charge is 0.424 e. The van der Waals surface area contributed by atoms with Crippen molar-refractivity contribution >= 4 is 24.3 Å². The summed E-state index contributed by atoms with van der Waals surface area (Å²) >= 11 is 5.22. The number of benzene rings is 1. The minimum atomic E-state index is -3.55. The van der Waals surface area contributed by atoms with E-state index in [1.807, 2.05) is 0 Å². The zero-order valence-electron chi connectivity index (χ0n) is 15.6. The second-order valence-corrected chi connectivity index (χ2v) is 9.82. The molecule has 0 bridgehead atoms. The van der Waals surface area contributed by atoms with Crippen LogP contribution in [0.15, 0.2) is 41.3 Å². The number of nitrogen functional groups attached to an aromatic ring is 1. The number of ether oxygens (including phenoxy) is 1. The molecule has 3 heterocycles. The Morgan fingerprint density at radius 3 is 2.87 bits per heavy atom. The summed E-state index contributed by atoms with van der Waals surface area (Å²) in [6.07, 6.45) is -9.00. The van der Waals surface area contributed by atoms with Crippen LogP contribution in [0.25, 0.3) is 0 Å². The summed E-state index contributed by atoms with van der Waals surface area (Å²) in [7, 11) is 0. The Morgan fingerprint density at radius 2 is 2.16 bits per heavy atom. The van der Waals surface area contributed by atoms with E-state index in [9.17, 15) is 23.1 Å². The van der Waals surface area contributed by atoms with Gasteiger partial charge in [-0.15, -0.1) is 0 Å². The third-order valence-corrected chi connectivity index (χ3v) is 7.09. The number of anilines is 1. The highest BCUT2D eigenvalue weighted by Gasteiger charge is 2.62. The molecule has 2 aromatic rings. The quantitative estimate of drug-likeness (QED) is 0.620. The van der Waals surface area contributed by atoms with Gasteiger partial charge < -0.3 is 20.1 Å². The number of nitrogens with two attached hydrogens (primary N) is 1. The molecular weight excluding hydrogens is 462 g/mol.